The topological polar surface area (TPSA) is 179 Å². The van der Waals surface area contributed by atoms with Crippen LogP contribution in [0.15, 0.2) is 53.4 Å². The summed E-state index contributed by atoms with van der Waals surface area (Å²) in [7, 11) is -8.68. The number of rotatable bonds is 8. The smallest absolute Gasteiger partial charge is 0.391 e. The normalized spacial score (nSPS) is 13.5. The highest BCUT2D eigenvalue weighted by Gasteiger charge is 2.26. The van der Waals surface area contributed by atoms with Crippen LogP contribution in [0.2, 0.25) is 0 Å². The fourth-order valence-electron chi connectivity index (χ4n) is 1.82. The number of hydrogen-bond donors (Lipinski definition) is 2. The molecule has 27 heavy (non-hydrogen) atoms. The lowest BCUT2D eigenvalue weighted by Gasteiger charge is -2.14. The molecule has 0 spiro atoms. The molecule has 0 bridgehead atoms. The van der Waals surface area contributed by atoms with Gasteiger partial charge >= 0.3 is 7.60 Å². The van der Waals surface area contributed by atoms with Crippen molar-refractivity contribution >= 4 is 29.0 Å². The van der Waals surface area contributed by atoms with Crippen molar-refractivity contribution in [3.05, 3.63) is 68.8 Å². The van der Waals surface area contributed by atoms with Crippen molar-refractivity contribution < 1.29 is 32.2 Å². The van der Waals surface area contributed by atoms with Gasteiger partial charge in [-0.2, -0.15) is 4.72 Å². The van der Waals surface area contributed by atoms with Gasteiger partial charge in [0.1, 0.15) is 12.0 Å². The zero-order valence-electron chi connectivity index (χ0n) is 13.3. The average Bonchev–Trinajstić information content (AvgIpc) is 2.60. The lowest BCUT2D eigenvalue weighted by atomic mass is 10.3. The molecule has 0 radical (unpaired) electrons. The van der Waals surface area contributed by atoms with E-state index in [-0.39, 0.29) is 22.0 Å². The summed E-state index contributed by atoms with van der Waals surface area (Å²) < 4.78 is 42.8. The summed E-state index contributed by atoms with van der Waals surface area (Å²) in [5.74, 6) is -0.166. The van der Waals surface area contributed by atoms with Crippen molar-refractivity contribution in [3.8, 4) is 5.75 Å². The highest BCUT2D eigenvalue weighted by molar-refractivity contribution is 7.89. The third-order valence-electron chi connectivity index (χ3n) is 3.11. The van der Waals surface area contributed by atoms with Gasteiger partial charge in [-0.3, -0.25) is 20.2 Å². The Kier molecular flexibility index (Phi) is 5.91. The molecule has 2 N–H and O–H groups in total. The number of non-ortho nitro benzene ring substituents is 2. The van der Waals surface area contributed by atoms with Crippen LogP contribution in [0.25, 0.3) is 0 Å². The highest BCUT2D eigenvalue weighted by Crippen LogP contribution is 2.42. The molecular formula is C13H12N3O9PS. The SMILES string of the molecule is O=[N+]([O-])c1ccc(OP(=O)(O)CNS(=O)(=O)c2ccc([N+](=O)[O-])cc2)cc1. The van der Waals surface area contributed by atoms with Gasteiger partial charge in [-0.15, -0.1) is 0 Å². The number of nitrogens with zero attached hydrogens (tertiary/aromatic N) is 2. The van der Waals surface area contributed by atoms with Gasteiger partial charge in [0.15, 0.2) is 0 Å². The zero-order valence-corrected chi connectivity index (χ0v) is 15.0. The Morgan fingerprint density at radius 3 is 1.85 bits per heavy atom. The Hall–Kier alpha value is -2.86. The molecular weight excluding hydrogens is 405 g/mol. The zero-order chi connectivity index (χ0) is 20.2. The molecule has 0 aliphatic rings. The minimum Gasteiger partial charge on any atom is -0.424 e. The molecule has 0 saturated carbocycles. The van der Waals surface area contributed by atoms with Gasteiger partial charge in [0, 0.05) is 24.3 Å². The van der Waals surface area contributed by atoms with E-state index in [0.717, 1.165) is 48.5 Å². The van der Waals surface area contributed by atoms with E-state index < -0.39 is 33.8 Å². The molecule has 12 nitrogen and oxygen atoms in total. The maximum Gasteiger partial charge on any atom is 0.391 e. The molecule has 1 unspecified atom stereocenters. The van der Waals surface area contributed by atoms with Crippen LogP contribution in [0.4, 0.5) is 11.4 Å². The third kappa shape index (κ3) is 5.56. The van der Waals surface area contributed by atoms with Crippen molar-refractivity contribution in [2.45, 2.75) is 4.90 Å². The van der Waals surface area contributed by atoms with Gasteiger partial charge in [0.05, 0.1) is 14.7 Å². The van der Waals surface area contributed by atoms with Gasteiger partial charge in [-0.1, -0.05) is 0 Å². The molecule has 0 aliphatic heterocycles. The van der Waals surface area contributed by atoms with Crippen LogP contribution in [0.5, 0.6) is 5.75 Å². The van der Waals surface area contributed by atoms with E-state index in [1.165, 1.54) is 0 Å². The van der Waals surface area contributed by atoms with Crippen LogP contribution in [0.3, 0.4) is 0 Å². The van der Waals surface area contributed by atoms with E-state index in [1.807, 2.05) is 4.72 Å². The number of sulfonamides is 1. The molecule has 0 amide bonds. The summed E-state index contributed by atoms with van der Waals surface area (Å²) in [6.45, 7) is 0. The van der Waals surface area contributed by atoms with Gasteiger partial charge < -0.3 is 9.42 Å². The van der Waals surface area contributed by atoms with Crippen molar-refractivity contribution in [2.24, 2.45) is 0 Å². The quantitative estimate of drug-likeness (QED) is 0.369. The Morgan fingerprint density at radius 1 is 0.963 bits per heavy atom. The van der Waals surface area contributed by atoms with Gasteiger partial charge in [0.2, 0.25) is 10.0 Å². The molecule has 14 heteroatoms. The van der Waals surface area contributed by atoms with Crippen molar-refractivity contribution in [3.63, 3.8) is 0 Å². The minimum absolute atomic E-state index is 0.166. The number of benzene rings is 2. The van der Waals surface area contributed by atoms with Crippen molar-refractivity contribution in [1.29, 1.82) is 0 Å². The van der Waals surface area contributed by atoms with E-state index in [0.29, 0.717) is 0 Å². The second-order valence-electron chi connectivity index (χ2n) is 5.04. The first kappa shape index (κ1) is 20.5. The van der Waals surface area contributed by atoms with E-state index >= 15 is 0 Å². The molecule has 0 fully saturated rings. The molecule has 1 atom stereocenters. The lowest BCUT2D eigenvalue weighted by molar-refractivity contribution is -0.385. The van der Waals surface area contributed by atoms with Crippen LogP contribution >= 0.6 is 7.60 Å². The standard InChI is InChI=1S/C13H12N3O9PS/c17-15(18)10-1-5-12(6-2-10)25-26(21,22)9-14-27(23,24)13-7-3-11(4-8-13)16(19)20/h1-8,14H,9H2,(H,21,22). The van der Waals surface area contributed by atoms with Gasteiger partial charge in [0.25, 0.3) is 11.4 Å². The molecule has 144 valence electrons. The van der Waals surface area contributed by atoms with Crippen LogP contribution in [0, 0.1) is 20.2 Å². The molecule has 0 aromatic heterocycles. The summed E-state index contributed by atoms with van der Waals surface area (Å²) in [4.78, 5) is 29.2. The minimum atomic E-state index is -4.46. The summed E-state index contributed by atoms with van der Waals surface area (Å²) >= 11 is 0. The molecule has 2 aromatic carbocycles. The molecule has 2 rings (SSSR count). The Labute approximate surface area is 152 Å². The first-order chi connectivity index (χ1) is 12.5. The molecule has 0 aliphatic carbocycles. The number of nitro benzene ring substituents is 2. The van der Waals surface area contributed by atoms with E-state index in [9.17, 15) is 38.1 Å². The van der Waals surface area contributed by atoms with E-state index in [2.05, 4.69) is 0 Å². The van der Waals surface area contributed by atoms with Gasteiger partial charge in [-0.05, 0) is 24.3 Å². The average molecular weight is 417 g/mol. The maximum absolute atomic E-state index is 12.1. The maximum atomic E-state index is 12.1. The second-order valence-corrected chi connectivity index (χ2v) is 8.58. The lowest BCUT2D eigenvalue weighted by Crippen LogP contribution is -2.25. The Balaban J connectivity index is 2.05. The fraction of sp³-hybridized carbons (Fsp3) is 0.0769. The van der Waals surface area contributed by atoms with E-state index in [1.54, 1.807) is 0 Å². The summed E-state index contributed by atoms with van der Waals surface area (Å²) in [5.41, 5.74) is -0.572. The Morgan fingerprint density at radius 2 is 1.41 bits per heavy atom. The first-order valence-corrected chi connectivity index (χ1v) is 10.2. The second kappa shape index (κ2) is 7.80. The summed E-state index contributed by atoms with van der Waals surface area (Å²) in [5, 5.41) is 21.1. The highest BCUT2D eigenvalue weighted by atomic mass is 32.2. The number of nitrogens with one attached hydrogen (secondary N) is 1. The van der Waals surface area contributed by atoms with Crippen molar-refractivity contribution in [2.75, 3.05) is 6.29 Å². The van der Waals surface area contributed by atoms with Crippen LogP contribution in [0.1, 0.15) is 0 Å². The van der Waals surface area contributed by atoms with E-state index in [4.69, 9.17) is 4.52 Å². The predicted octanol–water partition coefficient (Wildman–Crippen LogP) is 2.00. The monoisotopic (exact) mass is 417 g/mol. The fourth-order valence-corrected chi connectivity index (χ4v) is 4.33. The molecule has 0 saturated heterocycles. The van der Waals surface area contributed by atoms with Crippen LogP contribution in [-0.4, -0.2) is 29.4 Å². The van der Waals surface area contributed by atoms with Gasteiger partial charge in [-0.25, -0.2) is 13.0 Å². The number of nitro groups is 2. The van der Waals surface area contributed by atoms with Crippen LogP contribution < -0.4 is 9.25 Å². The summed E-state index contributed by atoms with van der Waals surface area (Å²) in [6.07, 6.45) is -0.983. The summed E-state index contributed by atoms with van der Waals surface area (Å²) in [6, 6.07) is 8.17. The number of hydrogen-bond acceptors (Lipinski definition) is 8. The third-order valence-corrected chi connectivity index (χ3v) is 5.79. The molecule has 0 heterocycles. The Bertz CT molecular complexity index is 1010. The van der Waals surface area contributed by atoms with Crippen molar-refractivity contribution in [1.82, 2.24) is 4.72 Å². The molecule has 2 aromatic rings. The van der Waals surface area contributed by atoms with Crippen LogP contribution in [-0.2, 0) is 14.6 Å². The largest absolute Gasteiger partial charge is 0.424 e. The predicted molar refractivity (Wildman–Crippen MR) is 91.8 cm³/mol. The first-order valence-electron chi connectivity index (χ1n) is 7.00.